The zero-order valence-corrected chi connectivity index (χ0v) is 10.3. The minimum atomic E-state index is 0.685. The number of rotatable bonds is 3. The van der Waals surface area contributed by atoms with Crippen LogP contribution in [0.2, 0.25) is 0 Å². The Balaban J connectivity index is 2.07. The average Bonchev–Trinajstić information content (AvgIpc) is 2.33. The lowest BCUT2D eigenvalue weighted by Crippen LogP contribution is -2.37. The summed E-state index contributed by atoms with van der Waals surface area (Å²) in [5, 5.41) is 3.36. The van der Waals surface area contributed by atoms with Gasteiger partial charge >= 0.3 is 0 Å². The van der Waals surface area contributed by atoms with Crippen molar-refractivity contribution in [2.75, 3.05) is 32.0 Å². The van der Waals surface area contributed by atoms with Crippen LogP contribution >= 0.6 is 0 Å². The summed E-state index contributed by atoms with van der Waals surface area (Å²) in [6, 6.07) is 8.35. The lowest BCUT2D eigenvalue weighted by molar-refractivity contribution is 0.466. The second-order valence-corrected chi connectivity index (χ2v) is 4.34. The highest BCUT2D eigenvalue weighted by Gasteiger charge is 2.10. The number of benzene rings is 1. The summed E-state index contributed by atoms with van der Waals surface area (Å²) in [6.45, 7) is 2.66. The van der Waals surface area contributed by atoms with Crippen LogP contribution in [-0.4, -0.2) is 37.5 Å². The van der Waals surface area contributed by atoms with Gasteiger partial charge in [-0.05, 0) is 37.1 Å². The van der Waals surface area contributed by atoms with Gasteiger partial charge in [0, 0.05) is 25.8 Å². The second-order valence-electron chi connectivity index (χ2n) is 4.34. The molecule has 92 valence electrons. The molecule has 0 saturated carbocycles. The quantitative estimate of drug-likeness (QED) is 0.825. The topological polar surface area (TPSA) is 53.6 Å². The molecule has 1 aromatic rings. The smallest absolute Gasteiger partial charge is 0.198 e. The Hall–Kier alpha value is -1.55. The van der Waals surface area contributed by atoms with Crippen LogP contribution in [0.4, 0.5) is 5.69 Å². The molecule has 0 aromatic heterocycles. The van der Waals surface area contributed by atoms with Crippen molar-refractivity contribution < 1.29 is 0 Å². The van der Waals surface area contributed by atoms with E-state index in [0.717, 1.165) is 37.6 Å². The Morgan fingerprint density at radius 2 is 2.35 bits per heavy atom. The first kappa shape index (κ1) is 11.9. The van der Waals surface area contributed by atoms with E-state index in [1.807, 2.05) is 0 Å². The van der Waals surface area contributed by atoms with Crippen molar-refractivity contribution in [2.24, 2.45) is 10.7 Å². The third kappa shape index (κ3) is 3.20. The molecule has 0 bridgehead atoms. The van der Waals surface area contributed by atoms with E-state index in [4.69, 9.17) is 5.73 Å². The van der Waals surface area contributed by atoms with Gasteiger partial charge < -0.3 is 16.0 Å². The predicted octanol–water partition coefficient (Wildman–Crippen LogP) is 1.29. The summed E-state index contributed by atoms with van der Waals surface area (Å²) in [5.74, 6) is 0.959. The van der Waals surface area contributed by atoms with Crippen molar-refractivity contribution in [1.29, 1.82) is 0 Å². The largest absolute Gasteiger partial charge is 0.346 e. The summed E-state index contributed by atoms with van der Waals surface area (Å²) < 4.78 is 0. The van der Waals surface area contributed by atoms with Crippen molar-refractivity contribution in [3.05, 3.63) is 29.8 Å². The molecule has 0 unspecified atom stereocenters. The van der Waals surface area contributed by atoms with E-state index in [-0.39, 0.29) is 0 Å². The highest BCUT2D eigenvalue weighted by Crippen LogP contribution is 2.12. The molecule has 0 saturated heterocycles. The van der Waals surface area contributed by atoms with Gasteiger partial charge in [0.2, 0.25) is 0 Å². The fourth-order valence-corrected chi connectivity index (χ4v) is 1.95. The molecule has 3 N–H and O–H groups in total. The predicted molar refractivity (Wildman–Crippen MR) is 72.4 cm³/mol. The molecule has 1 aliphatic heterocycles. The van der Waals surface area contributed by atoms with Gasteiger partial charge in [0.1, 0.15) is 0 Å². The molecule has 17 heavy (non-hydrogen) atoms. The highest BCUT2D eigenvalue weighted by molar-refractivity contribution is 5.93. The van der Waals surface area contributed by atoms with Crippen molar-refractivity contribution in [1.82, 2.24) is 4.90 Å². The first-order valence-electron chi connectivity index (χ1n) is 6.11. The van der Waals surface area contributed by atoms with Gasteiger partial charge in [0.15, 0.2) is 5.96 Å². The number of nitrogens with two attached hydrogens (primary N) is 1. The Kier molecular flexibility index (Phi) is 3.98. The lowest BCUT2D eigenvalue weighted by atomic mass is 10.1. The van der Waals surface area contributed by atoms with Crippen LogP contribution in [0.1, 0.15) is 12.0 Å². The maximum atomic E-state index is 5.56. The van der Waals surface area contributed by atoms with Gasteiger partial charge in [-0.1, -0.05) is 12.1 Å². The summed E-state index contributed by atoms with van der Waals surface area (Å²) in [5.41, 5.74) is 7.91. The molecule has 0 aliphatic carbocycles. The SMILES string of the molecule is CN1CCCN=C1Nc1cccc(CCN)c1. The normalized spacial score (nSPS) is 15.6. The van der Waals surface area contributed by atoms with Crippen LogP contribution in [-0.2, 0) is 6.42 Å². The van der Waals surface area contributed by atoms with Crippen molar-refractivity contribution >= 4 is 11.6 Å². The molecule has 0 radical (unpaired) electrons. The number of hydrogen-bond acceptors (Lipinski definition) is 4. The third-order valence-electron chi connectivity index (χ3n) is 2.89. The minimum Gasteiger partial charge on any atom is -0.346 e. The fraction of sp³-hybridized carbons (Fsp3) is 0.462. The van der Waals surface area contributed by atoms with E-state index < -0.39 is 0 Å². The average molecular weight is 232 g/mol. The van der Waals surface area contributed by atoms with Crippen LogP contribution in [0.15, 0.2) is 29.3 Å². The standard InChI is InChI=1S/C13H20N4/c1-17-9-3-8-15-13(17)16-12-5-2-4-11(10-12)6-7-14/h2,4-5,10H,3,6-9,14H2,1H3,(H,15,16). The lowest BCUT2D eigenvalue weighted by Gasteiger charge is -2.25. The van der Waals surface area contributed by atoms with E-state index in [1.54, 1.807) is 0 Å². The first-order chi connectivity index (χ1) is 8.29. The van der Waals surface area contributed by atoms with Crippen molar-refractivity contribution in [3.63, 3.8) is 0 Å². The molecule has 1 heterocycles. The Morgan fingerprint density at radius 1 is 1.47 bits per heavy atom. The Labute approximate surface area is 103 Å². The van der Waals surface area contributed by atoms with Gasteiger partial charge in [-0.3, -0.25) is 4.99 Å². The number of anilines is 1. The molecule has 0 atom stereocenters. The number of guanidine groups is 1. The van der Waals surface area contributed by atoms with Gasteiger partial charge in [-0.2, -0.15) is 0 Å². The van der Waals surface area contributed by atoms with Crippen LogP contribution in [0.5, 0.6) is 0 Å². The number of nitrogens with one attached hydrogen (secondary N) is 1. The summed E-state index contributed by atoms with van der Waals surface area (Å²) in [6.07, 6.45) is 2.05. The minimum absolute atomic E-state index is 0.685. The maximum absolute atomic E-state index is 5.56. The van der Waals surface area contributed by atoms with E-state index in [1.165, 1.54) is 5.56 Å². The van der Waals surface area contributed by atoms with E-state index in [9.17, 15) is 0 Å². The van der Waals surface area contributed by atoms with Gasteiger partial charge in [-0.15, -0.1) is 0 Å². The summed E-state index contributed by atoms with van der Waals surface area (Å²) in [4.78, 5) is 6.64. The fourth-order valence-electron chi connectivity index (χ4n) is 1.95. The number of hydrogen-bond donors (Lipinski definition) is 2. The molecule has 1 aromatic carbocycles. The molecule has 4 nitrogen and oxygen atoms in total. The second kappa shape index (κ2) is 5.68. The number of aliphatic imine (C=N–C) groups is 1. The van der Waals surface area contributed by atoms with Crippen LogP contribution in [0.3, 0.4) is 0 Å². The van der Waals surface area contributed by atoms with Crippen molar-refractivity contribution in [3.8, 4) is 0 Å². The van der Waals surface area contributed by atoms with Crippen molar-refractivity contribution in [2.45, 2.75) is 12.8 Å². The van der Waals surface area contributed by atoms with Gasteiger partial charge in [0.05, 0.1) is 0 Å². The molecule has 2 rings (SSSR count). The molecule has 0 fully saturated rings. The number of nitrogens with zero attached hydrogens (tertiary/aromatic N) is 2. The third-order valence-corrected chi connectivity index (χ3v) is 2.89. The molecule has 4 heteroatoms. The highest BCUT2D eigenvalue weighted by atomic mass is 15.3. The molecule has 0 spiro atoms. The molecular formula is C13H20N4. The van der Waals surface area contributed by atoms with E-state index in [0.29, 0.717) is 6.54 Å². The van der Waals surface area contributed by atoms with Gasteiger partial charge in [0.25, 0.3) is 0 Å². The maximum Gasteiger partial charge on any atom is 0.198 e. The van der Waals surface area contributed by atoms with E-state index >= 15 is 0 Å². The van der Waals surface area contributed by atoms with Gasteiger partial charge in [-0.25, -0.2) is 0 Å². The molecule has 0 amide bonds. The zero-order valence-electron chi connectivity index (χ0n) is 10.3. The van der Waals surface area contributed by atoms with Crippen LogP contribution in [0, 0.1) is 0 Å². The summed E-state index contributed by atoms with van der Waals surface area (Å²) in [7, 11) is 2.06. The molecular weight excluding hydrogens is 212 g/mol. The first-order valence-corrected chi connectivity index (χ1v) is 6.11. The molecule has 1 aliphatic rings. The van der Waals surface area contributed by atoms with Crippen LogP contribution in [0.25, 0.3) is 0 Å². The zero-order chi connectivity index (χ0) is 12.1. The monoisotopic (exact) mass is 232 g/mol. The van der Waals surface area contributed by atoms with Crippen LogP contribution < -0.4 is 11.1 Å². The summed E-state index contributed by atoms with van der Waals surface area (Å²) >= 11 is 0. The Bertz CT molecular complexity index is 400. The van der Waals surface area contributed by atoms with E-state index in [2.05, 4.69) is 46.5 Å². The Morgan fingerprint density at radius 3 is 3.12 bits per heavy atom.